The van der Waals surface area contributed by atoms with Gasteiger partial charge in [0.05, 0.1) is 23.4 Å². The summed E-state index contributed by atoms with van der Waals surface area (Å²) in [6.07, 6.45) is 3.69. The Bertz CT molecular complexity index is 498. The van der Waals surface area contributed by atoms with Crippen LogP contribution in [0.3, 0.4) is 0 Å². The summed E-state index contributed by atoms with van der Waals surface area (Å²) < 4.78 is 14.4. The van der Waals surface area contributed by atoms with Gasteiger partial charge in [-0.05, 0) is 0 Å². The molecular weight excluding hydrogens is 205 g/mol. The van der Waals surface area contributed by atoms with E-state index in [9.17, 15) is 14.5 Å². The Morgan fingerprint density at radius 2 is 2.33 bits per heavy atom. The molecule has 0 atom stereocenters. The van der Waals surface area contributed by atoms with Crippen LogP contribution in [0.1, 0.15) is 0 Å². The van der Waals surface area contributed by atoms with E-state index in [1.165, 1.54) is 12.4 Å². The smallest absolute Gasteiger partial charge is 0.258 e. The van der Waals surface area contributed by atoms with Gasteiger partial charge in [-0.1, -0.05) is 5.21 Å². The molecule has 0 saturated heterocycles. The topological polar surface area (TPSA) is 86.7 Å². The fourth-order valence-electron chi connectivity index (χ4n) is 1.01. The van der Waals surface area contributed by atoms with Crippen molar-refractivity contribution >= 4 is 5.69 Å². The van der Waals surface area contributed by atoms with Crippen LogP contribution < -0.4 is 0 Å². The summed E-state index contributed by atoms with van der Waals surface area (Å²) >= 11 is 0. The van der Waals surface area contributed by atoms with E-state index in [0.717, 1.165) is 16.9 Å². The zero-order chi connectivity index (χ0) is 10.8. The summed E-state index contributed by atoms with van der Waals surface area (Å²) in [6, 6.07) is 0.782. The second-order valence-corrected chi connectivity index (χ2v) is 2.60. The van der Waals surface area contributed by atoms with Gasteiger partial charge in [-0.2, -0.15) is 4.68 Å². The molecule has 0 fully saturated rings. The van der Waals surface area contributed by atoms with Gasteiger partial charge in [0.2, 0.25) is 0 Å². The lowest BCUT2D eigenvalue weighted by Gasteiger charge is -1.99. The minimum absolute atomic E-state index is 0.127. The second kappa shape index (κ2) is 3.40. The molecule has 2 aromatic rings. The highest BCUT2D eigenvalue weighted by molar-refractivity contribution is 5.33. The first kappa shape index (κ1) is 9.19. The highest BCUT2D eigenvalue weighted by Crippen LogP contribution is 2.15. The Morgan fingerprint density at radius 3 is 2.87 bits per heavy atom. The summed E-state index contributed by atoms with van der Waals surface area (Å²) in [5, 5.41) is 17.3. The third kappa shape index (κ3) is 1.64. The van der Waals surface area contributed by atoms with Crippen molar-refractivity contribution in [2.75, 3.05) is 0 Å². The van der Waals surface area contributed by atoms with Gasteiger partial charge < -0.3 is 0 Å². The number of aromatic nitrogens is 4. The van der Waals surface area contributed by atoms with E-state index in [1.807, 2.05) is 0 Å². The molecule has 0 aliphatic heterocycles. The lowest BCUT2D eigenvalue weighted by atomic mass is 10.4. The van der Waals surface area contributed by atoms with E-state index in [4.69, 9.17) is 0 Å². The third-order valence-electron chi connectivity index (χ3n) is 1.66. The monoisotopic (exact) mass is 209 g/mol. The Hall–Kier alpha value is -2.38. The van der Waals surface area contributed by atoms with Crippen LogP contribution in [0, 0.1) is 15.9 Å². The average Bonchev–Trinajstić information content (AvgIpc) is 2.70. The number of nitrogens with zero attached hydrogens (tertiary/aromatic N) is 5. The van der Waals surface area contributed by atoms with E-state index in [2.05, 4.69) is 15.3 Å². The Labute approximate surface area is 82.3 Å². The van der Waals surface area contributed by atoms with Crippen LogP contribution in [0.15, 0.2) is 24.7 Å². The van der Waals surface area contributed by atoms with E-state index in [-0.39, 0.29) is 5.82 Å². The van der Waals surface area contributed by atoms with Gasteiger partial charge in [0.1, 0.15) is 6.20 Å². The van der Waals surface area contributed by atoms with E-state index < -0.39 is 16.4 Å². The zero-order valence-electron chi connectivity index (χ0n) is 7.24. The van der Waals surface area contributed by atoms with Gasteiger partial charge in [0.25, 0.3) is 5.69 Å². The van der Waals surface area contributed by atoms with Gasteiger partial charge in [-0.25, -0.2) is 9.37 Å². The molecule has 7 nitrogen and oxygen atoms in total. The summed E-state index contributed by atoms with van der Waals surface area (Å²) in [4.78, 5) is 13.2. The molecule has 76 valence electrons. The molecule has 0 amide bonds. The van der Waals surface area contributed by atoms with E-state index in [1.54, 1.807) is 0 Å². The highest BCUT2D eigenvalue weighted by Gasteiger charge is 2.13. The molecule has 0 aliphatic carbocycles. The molecule has 8 heteroatoms. The predicted molar refractivity (Wildman–Crippen MR) is 45.8 cm³/mol. The number of hydrogen-bond acceptors (Lipinski definition) is 5. The lowest BCUT2D eigenvalue weighted by Crippen LogP contribution is -2.03. The van der Waals surface area contributed by atoms with Crippen LogP contribution in [0.4, 0.5) is 10.1 Å². The normalized spacial score (nSPS) is 10.2. The number of halogens is 1. The molecule has 0 saturated carbocycles. The van der Waals surface area contributed by atoms with Crippen molar-refractivity contribution in [3.63, 3.8) is 0 Å². The molecule has 0 unspecified atom stereocenters. The maximum Gasteiger partial charge on any atom is 0.290 e. The standard InChI is InChI=1S/C7H4FN5O2/c8-6-3-5(13(14)15)4-9-7(6)12-2-1-10-11-12/h1-4H. The van der Waals surface area contributed by atoms with Gasteiger partial charge in [-0.15, -0.1) is 5.10 Å². The lowest BCUT2D eigenvalue weighted by molar-refractivity contribution is -0.385. The minimum Gasteiger partial charge on any atom is -0.258 e. The van der Waals surface area contributed by atoms with Crippen molar-refractivity contribution in [2.24, 2.45) is 0 Å². The largest absolute Gasteiger partial charge is 0.290 e. The van der Waals surface area contributed by atoms with Gasteiger partial charge in [0.15, 0.2) is 11.6 Å². The Morgan fingerprint density at radius 1 is 1.53 bits per heavy atom. The van der Waals surface area contributed by atoms with Gasteiger partial charge >= 0.3 is 0 Å². The zero-order valence-corrected chi connectivity index (χ0v) is 7.24. The molecule has 0 radical (unpaired) electrons. The molecule has 0 spiro atoms. The Kier molecular flexibility index (Phi) is 2.08. The molecule has 15 heavy (non-hydrogen) atoms. The summed E-state index contributed by atoms with van der Waals surface area (Å²) in [7, 11) is 0. The van der Waals surface area contributed by atoms with E-state index in [0.29, 0.717) is 0 Å². The van der Waals surface area contributed by atoms with Crippen LogP contribution in [0.2, 0.25) is 0 Å². The maximum absolute atomic E-state index is 13.3. The molecule has 0 aromatic carbocycles. The van der Waals surface area contributed by atoms with Crippen molar-refractivity contribution in [3.8, 4) is 5.82 Å². The van der Waals surface area contributed by atoms with Crippen molar-refractivity contribution < 1.29 is 9.31 Å². The van der Waals surface area contributed by atoms with Crippen molar-refractivity contribution in [1.29, 1.82) is 0 Å². The number of rotatable bonds is 2. The van der Waals surface area contributed by atoms with Gasteiger partial charge in [0, 0.05) is 0 Å². The number of nitro groups is 1. The summed E-state index contributed by atoms with van der Waals surface area (Å²) in [6.45, 7) is 0. The first-order chi connectivity index (χ1) is 7.18. The summed E-state index contributed by atoms with van der Waals surface area (Å²) in [5.74, 6) is -0.951. The average molecular weight is 209 g/mol. The fraction of sp³-hybridized carbons (Fsp3) is 0. The minimum atomic E-state index is -0.824. The van der Waals surface area contributed by atoms with Crippen LogP contribution >= 0.6 is 0 Å². The fourth-order valence-corrected chi connectivity index (χ4v) is 1.01. The maximum atomic E-state index is 13.3. The molecule has 2 aromatic heterocycles. The van der Waals surface area contributed by atoms with E-state index >= 15 is 0 Å². The van der Waals surface area contributed by atoms with Crippen LogP contribution in [-0.2, 0) is 0 Å². The molecular formula is C7H4FN5O2. The second-order valence-electron chi connectivity index (χ2n) is 2.60. The van der Waals surface area contributed by atoms with Crippen LogP contribution in [0.25, 0.3) is 5.82 Å². The Balaban J connectivity index is 2.48. The first-order valence-corrected chi connectivity index (χ1v) is 3.85. The quantitative estimate of drug-likeness (QED) is 0.536. The van der Waals surface area contributed by atoms with Crippen molar-refractivity contribution in [3.05, 3.63) is 40.6 Å². The molecule has 0 bridgehead atoms. The predicted octanol–water partition coefficient (Wildman–Crippen LogP) is 0.710. The van der Waals surface area contributed by atoms with Crippen molar-refractivity contribution in [2.45, 2.75) is 0 Å². The SMILES string of the molecule is O=[N+]([O-])c1cnc(-n2ccnn2)c(F)c1. The van der Waals surface area contributed by atoms with Gasteiger partial charge in [-0.3, -0.25) is 10.1 Å². The number of pyridine rings is 1. The molecule has 2 rings (SSSR count). The number of hydrogen-bond donors (Lipinski definition) is 0. The van der Waals surface area contributed by atoms with Crippen LogP contribution in [0.5, 0.6) is 0 Å². The molecule has 2 heterocycles. The molecule has 0 aliphatic rings. The first-order valence-electron chi connectivity index (χ1n) is 3.85. The van der Waals surface area contributed by atoms with Crippen molar-refractivity contribution in [1.82, 2.24) is 20.0 Å². The summed E-state index contributed by atoms with van der Waals surface area (Å²) in [5.41, 5.74) is -0.406. The molecule has 0 N–H and O–H groups in total. The third-order valence-corrected chi connectivity index (χ3v) is 1.66. The van der Waals surface area contributed by atoms with Crippen LogP contribution in [-0.4, -0.2) is 24.9 Å². The highest BCUT2D eigenvalue weighted by atomic mass is 19.1.